The van der Waals surface area contributed by atoms with Crippen molar-refractivity contribution in [1.82, 2.24) is 10.2 Å². The SMILES string of the molecule is C=C/C=C(\C)N/C=C(CCC(=O)Nc1cccc(CN(C)C)c1)\C(C)=C\CC.NCC1CCC(c2ccccc2)CC1. The van der Waals surface area contributed by atoms with Crippen LogP contribution in [0.4, 0.5) is 5.69 Å². The Morgan fingerprint density at radius 3 is 2.36 bits per heavy atom. The highest BCUT2D eigenvalue weighted by atomic mass is 16.1. The van der Waals surface area contributed by atoms with Crippen LogP contribution in [0.1, 0.15) is 82.8 Å². The third kappa shape index (κ3) is 13.5. The molecule has 0 heterocycles. The first-order chi connectivity index (χ1) is 20.2. The van der Waals surface area contributed by atoms with Gasteiger partial charge in [0, 0.05) is 30.5 Å². The first-order valence-electron chi connectivity index (χ1n) is 15.5. The van der Waals surface area contributed by atoms with Gasteiger partial charge in [0.2, 0.25) is 5.91 Å². The summed E-state index contributed by atoms with van der Waals surface area (Å²) in [5.74, 6) is 1.60. The standard InChI is InChI=1S/C24H35N3O.C13H19N/c1-7-10-19(3)22(17-25-20(4)11-8-2)14-15-24(28)26-23-13-9-12-21(16-23)18-27(5)6;14-10-11-6-8-13(9-7-11)12-4-2-1-3-5-12/h8-13,16-17,25H,2,7,14-15,18H2,1,3-6H3,(H,26,28);1-5,11,13H,6-10,14H2/b19-10+,20-11+,22-17-;. The van der Waals surface area contributed by atoms with Crippen LogP contribution in [0.25, 0.3) is 0 Å². The summed E-state index contributed by atoms with van der Waals surface area (Å²) < 4.78 is 0. The van der Waals surface area contributed by atoms with E-state index in [0.717, 1.165) is 48.3 Å². The number of carbonyl (C=O) groups is 1. The molecular formula is C37H54N4O. The Kier molecular flexibility index (Phi) is 16.3. The summed E-state index contributed by atoms with van der Waals surface area (Å²) >= 11 is 0. The van der Waals surface area contributed by atoms with Gasteiger partial charge in [-0.25, -0.2) is 0 Å². The average Bonchev–Trinajstić information content (AvgIpc) is 2.98. The van der Waals surface area contributed by atoms with E-state index in [1.807, 2.05) is 51.5 Å². The van der Waals surface area contributed by atoms with Crippen LogP contribution >= 0.6 is 0 Å². The number of benzene rings is 2. The van der Waals surface area contributed by atoms with E-state index in [1.165, 1.54) is 42.4 Å². The van der Waals surface area contributed by atoms with Gasteiger partial charge in [-0.05, 0) is 120 Å². The topological polar surface area (TPSA) is 70.4 Å². The molecule has 5 heteroatoms. The molecule has 0 aromatic heterocycles. The minimum absolute atomic E-state index is 0.0237. The summed E-state index contributed by atoms with van der Waals surface area (Å²) in [4.78, 5) is 14.6. The molecular weight excluding hydrogens is 516 g/mol. The molecule has 1 aliphatic rings. The molecule has 0 radical (unpaired) electrons. The van der Waals surface area contributed by atoms with Gasteiger partial charge in [-0.1, -0.05) is 73.7 Å². The summed E-state index contributed by atoms with van der Waals surface area (Å²) in [7, 11) is 4.07. The van der Waals surface area contributed by atoms with Crippen molar-refractivity contribution in [2.45, 2.75) is 78.2 Å². The van der Waals surface area contributed by atoms with Gasteiger partial charge in [-0.2, -0.15) is 0 Å². The molecule has 2 aromatic carbocycles. The largest absolute Gasteiger partial charge is 0.365 e. The van der Waals surface area contributed by atoms with E-state index in [9.17, 15) is 4.79 Å². The quantitative estimate of drug-likeness (QED) is 0.212. The van der Waals surface area contributed by atoms with Crippen molar-refractivity contribution in [3.05, 3.63) is 114 Å². The number of nitrogens with zero attached hydrogens (tertiary/aromatic N) is 1. The Labute approximate surface area is 255 Å². The van der Waals surface area contributed by atoms with E-state index in [0.29, 0.717) is 12.8 Å². The van der Waals surface area contributed by atoms with Gasteiger partial charge in [0.25, 0.3) is 0 Å². The maximum absolute atomic E-state index is 12.5. The van der Waals surface area contributed by atoms with Gasteiger partial charge in [0.1, 0.15) is 0 Å². The lowest BCUT2D eigenvalue weighted by atomic mass is 9.79. The number of carbonyl (C=O) groups excluding carboxylic acids is 1. The second-order valence-electron chi connectivity index (χ2n) is 11.5. The third-order valence-electron chi connectivity index (χ3n) is 7.64. The molecule has 5 nitrogen and oxygen atoms in total. The van der Waals surface area contributed by atoms with E-state index >= 15 is 0 Å². The second-order valence-corrected chi connectivity index (χ2v) is 11.5. The first kappa shape index (κ1) is 34.8. The van der Waals surface area contributed by atoms with Crippen molar-refractivity contribution in [2.24, 2.45) is 11.7 Å². The summed E-state index contributed by atoms with van der Waals surface area (Å²) in [6.45, 7) is 11.6. The molecule has 228 valence electrons. The highest BCUT2D eigenvalue weighted by Gasteiger charge is 2.20. The highest BCUT2D eigenvalue weighted by Crippen LogP contribution is 2.35. The Hall–Kier alpha value is -3.41. The fourth-order valence-corrected chi connectivity index (χ4v) is 5.29. The minimum atomic E-state index is 0.0237. The monoisotopic (exact) mass is 570 g/mol. The molecule has 2 aromatic rings. The van der Waals surface area contributed by atoms with E-state index in [4.69, 9.17) is 5.73 Å². The molecule has 1 amide bonds. The summed E-state index contributed by atoms with van der Waals surface area (Å²) in [5, 5.41) is 6.29. The molecule has 4 N–H and O–H groups in total. The van der Waals surface area contributed by atoms with Crippen LogP contribution in [0.15, 0.2) is 102 Å². The van der Waals surface area contributed by atoms with Crippen LogP contribution in [0, 0.1) is 5.92 Å². The zero-order valence-corrected chi connectivity index (χ0v) is 26.7. The first-order valence-corrected chi connectivity index (χ1v) is 15.5. The third-order valence-corrected chi connectivity index (χ3v) is 7.64. The van der Waals surface area contributed by atoms with Crippen LogP contribution < -0.4 is 16.4 Å². The number of amides is 1. The normalized spacial score (nSPS) is 17.7. The summed E-state index contributed by atoms with van der Waals surface area (Å²) in [5.41, 5.74) is 12.6. The van der Waals surface area contributed by atoms with Crippen LogP contribution in [-0.4, -0.2) is 31.4 Å². The molecule has 1 fully saturated rings. The average molecular weight is 571 g/mol. The molecule has 0 bridgehead atoms. The van der Waals surface area contributed by atoms with Crippen molar-refractivity contribution < 1.29 is 4.79 Å². The molecule has 1 saturated carbocycles. The number of hydrogen-bond donors (Lipinski definition) is 3. The van der Waals surface area contributed by atoms with Gasteiger partial charge in [-0.15, -0.1) is 0 Å². The Balaban J connectivity index is 0.000000363. The van der Waals surface area contributed by atoms with Gasteiger partial charge < -0.3 is 21.3 Å². The lowest BCUT2D eigenvalue weighted by Gasteiger charge is -2.27. The predicted octanol–water partition coefficient (Wildman–Crippen LogP) is 8.31. The van der Waals surface area contributed by atoms with Gasteiger partial charge >= 0.3 is 0 Å². The predicted molar refractivity (Wildman–Crippen MR) is 181 cm³/mol. The van der Waals surface area contributed by atoms with E-state index in [2.05, 4.69) is 78.4 Å². The number of nitrogens with two attached hydrogens (primary N) is 1. The number of allylic oxidation sites excluding steroid dienone is 6. The molecule has 0 aliphatic heterocycles. The van der Waals surface area contributed by atoms with Gasteiger partial charge in [-0.3, -0.25) is 4.79 Å². The number of hydrogen-bond acceptors (Lipinski definition) is 4. The minimum Gasteiger partial charge on any atom is -0.365 e. The van der Waals surface area contributed by atoms with Crippen LogP contribution in [0.5, 0.6) is 0 Å². The number of nitrogens with one attached hydrogen (secondary N) is 2. The Bertz CT molecular complexity index is 1170. The fraction of sp³-hybridized carbons (Fsp3) is 0.432. The summed E-state index contributed by atoms with van der Waals surface area (Å²) in [6, 6.07) is 18.9. The molecule has 0 saturated heterocycles. The Morgan fingerprint density at radius 1 is 1.02 bits per heavy atom. The van der Waals surface area contributed by atoms with Gasteiger partial charge in [0.05, 0.1) is 0 Å². The van der Waals surface area contributed by atoms with Crippen LogP contribution in [-0.2, 0) is 11.3 Å². The lowest BCUT2D eigenvalue weighted by Crippen LogP contribution is -2.20. The molecule has 0 unspecified atom stereocenters. The second kappa shape index (κ2) is 19.7. The number of anilines is 1. The van der Waals surface area contributed by atoms with E-state index in [-0.39, 0.29) is 5.91 Å². The fourth-order valence-electron chi connectivity index (χ4n) is 5.29. The van der Waals surface area contributed by atoms with Crippen molar-refractivity contribution in [1.29, 1.82) is 0 Å². The molecule has 0 spiro atoms. The van der Waals surface area contributed by atoms with Crippen LogP contribution in [0.2, 0.25) is 0 Å². The Morgan fingerprint density at radius 2 is 1.74 bits per heavy atom. The van der Waals surface area contributed by atoms with Gasteiger partial charge in [0.15, 0.2) is 0 Å². The molecule has 1 aliphatic carbocycles. The van der Waals surface area contributed by atoms with Crippen molar-refractivity contribution >= 4 is 11.6 Å². The molecule has 0 atom stereocenters. The zero-order chi connectivity index (χ0) is 30.7. The maximum Gasteiger partial charge on any atom is 0.224 e. The lowest BCUT2D eigenvalue weighted by molar-refractivity contribution is -0.116. The van der Waals surface area contributed by atoms with E-state index in [1.54, 1.807) is 6.08 Å². The summed E-state index contributed by atoms with van der Waals surface area (Å²) in [6.07, 6.45) is 15.2. The maximum atomic E-state index is 12.5. The van der Waals surface area contributed by atoms with Crippen molar-refractivity contribution in [3.63, 3.8) is 0 Å². The highest BCUT2D eigenvalue weighted by molar-refractivity contribution is 5.91. The van der Waals surface area contributed by atoms with E-state index < -0.39 is 0 Å². The van der Waals surface area contributed by atoms with Crippen molar-refractivity contribution in [2.75, 3.05) is 26.0 Å². The van der Waals surface area contributed by atoms with Crippen molar-refractivity contribution in [3.8, 4) is 0 Å². The zero-order valence-electron chi connectivity index (χ0n) is 26.7. The molecule has 42 heavy (non-hydrogen) atoms. The number of rotatable bonds is 13. The van der Waals surface area contributed by atoms with Crippen LogP contribution in [0.3, 0.4) is 0 Å². The molecule has 3 rings (SSSR count). The smallest absolute Gasteiger partial charge is 0.224 e.